The highest BCUT2D eigenvalue weighted by Gasteiger charge is 2.36. The number of fused-ring (bicyclic) bond motifs is 3. The second kappa shape index (κ2) is 4.24. The summed E-state index contributed by atoms with van der Waals surface area (Å²) in [5.74, 6) is 0.290. The van der Waals surface area contributed by atoms with E-state index in [9.17, 15) is 4.79 Å². The number of piperazine rings is 3. The molecule has 0 N–H and O–H groups in total. The Morgan fingerprint density at radius 1 is 1.24 bits per heavy atom. The van der Waals surface area contributed by atoms with Gasteiger partial charge in [-0.25, -0.2) is 0 Å². The Labute approximate surface area is 102 Å². The van der Waals surface area contributed by atoms with Gasteiger partial charge in [0.2, 0.25) is 0 Å². The van der Waals surface area contributed by atoms with Gasteiger partial charge in [0.15, 0.2) is 5.78 Å². The van der Waals surface area contributed by atoms with Crippen molar-refractivity contribution in [2.24, 2.45) is 0 Å². The predicted molar refractivity (Wildman–Crippen MR) is 67.3 cm³/mol. The van der Waals surface area contributed by atoms with Crippen molar-refractivity contribution in [1.29, 1.82) is 0 Å². The van der Waals surface area contributed by atoms with Crippen LogP contribution in [0, 0.1) is 6.92 Å². The van der Waals surface area contributed by atoms with E-state index in [0.29, 0.717) is 0 Å². The summed E-state index contributed by atoms with van der Waals surface area (Å²) in [5.41, 5.74) is 2.02. The van der Waals surface area contributed by atoms with Crippen molar-refractivity contribution in [1.82, 2.24) is 9.80 Å². The van der Waals surface area contributed by atoms with E-state index in [2.05, 4.69) is 9.80 Å². The highest BCUT2D eigenvalue weighted by Crippen LogP contribution is 2.19. The first kappa shape index (κ1) is 10.9. The molecular weight excluding hydrogens is 212 g/mol. The van der Waals surface area contributed by atoms with E-state index in [4.69, 9.17) is 0 Å². The van der Waals surface area contributed by atoms with Crippen LogP contribution < -0.4 is 0 Å². The topological polar surface area (TPSA) is 23.6 Å². The second-order valence-electron chi connectivity index (χ2n) is 5.09. The summed E-state index contributed by atoms with van der Waals surface area (Å²) in [6.45, 7) is 7.28. The lowest BCUT2D eigenvalue weighted by Gasteiger charge is -2.46. The van der Waals surface area contributed by atoms with Gasteiger partial charge in [0.25, 0.3) is 0 Å². The van der Waals surface area contributed by atoms with Gasteiger partial charge in [-0.3, -0.25) is 14.6 Å². The minimum Gasteiger partial charge on any atom is -0.299 e. The van der Waals surface area contributed by atoms with E-state index in [1.165, 1.54) is 0 Å². The van der Waals surface area contributed by atoms with Crippen LogP contribution in [-0.2, 0) is 0 Å². The van der Waals surface area contributed by atoms with E-state index in [-0.39, 0.29) is 11.8 Å². The lowest BCUT2D eigenvalue weighted by molar-refractivity contribution is 0.0159. The van der Waals surface area contributed by atoms with Gasteiger partial charge in [-0.1, -0.05) is 23.8 Å². The Balaban J connectivity index is 1.83. The van der Waals surface area contributed by atoms with Crippen molar-refractivity contribution in [3.63, 3.8) is 0 Å². The van der Waals surface area contributed by atoms with E-state index in [0.717, 1.165) is 43.9 Å². The van der Waals surface area contributed by atoms with Crippen LogP contribution in [0.25, 0.3) is 0 Å². The molecule has 0 aliphatic carbocycles. The Morgan fingerprint density at radius 2 is 2.00 bits per heavy atom. The zero-order valence-corrected chi connectivity index (χ0v) is 10.2. The molecule has 17 heavy (non-hydrogen) atoms. The quantitative estimate of drug-likeness (QED) is 0.713. The van der Waals surface area contributed by atoms with Crippen LogP contribution in [0.2, 0.25) is 0 Å². The van der Waals surface area contributed by atoms with Crippen LogP contribution in [0.1, 0.15) is 15.9 Å². The number of aryl methyl sites for hydroxylation is 1. The molecule has 3 aliphatic heterocycles. The molecule has 3 heteroatoms. The Kier molecular flexibility index (Phi) is 2.73. The summed E-state index contributed by atoms with van der Waals surface area (Å²) in [6, 6.07) is 8.03. The smallest absolute Gasteiger partial charge is 0.181 e. The van der Waals surface area contributed by atoms with E-state index >= 15 is 0 Å². The highest BCUT2D eigenvalue weighted by molar-refractivity contribution is 6.00. The first-order valence-electron chi connectivity index (χ1n) is 6.31. The fourth-order valence-electron chi connectivity index (χ4n) is 2.86. The van der Waals surface area contributed by atoms with Crippen LogP contribution in [0.5, 0.6) is 0 Å². The SMILES string of the molecule is Cc1cccc(C(=O)C2CN3CCN2CC3)c1. The van der Waals surface area contributed by atoms with Gasteiger partial charge in [0, 0.05) is 38.3 Å². The molecule has 3 heterocycles. The standard InChI is InChI=1S/C14H18N2O/c1-11-3-2-4-12(9-11)14(17)13-10-15-5-7-16(13)8-6-15/h2-4,9,13H,5-8,10H2,1H3. The van der Waals surface area contributed by atoms with Gasteiger partial charge in [0.05, 0.1) is 6.04 Å². The molecule has 0 spiro atoms. The zero-order chi connectivity index (χ0) is 11.8. The highest BCUT2D eigenvalue weighted by atomic mass is 16.1. The second-order valence-corrected chi connectivity index (χ2v) is 5.09. The number of hydrogen-bond acceptors (Lipinski definition) is 3. The first-order valence-corrected chi connectivity index (χ1v) is 6.31. The minimum atomic E-state index is 0.0827. The molecule has 2 bridgehead atoms. The first-order chi connectivity index (χ1) is 8.24. The molecule has 4 rings (SSSR count). The molecule has 0 saturated carbocycles. The molecule has 1 aromatic rings. The number of hydrogen-bond donors (Lipinski definition) is 0. The number of ketones is 1. The van der Waals surface area contributed by atoms with Gasteiger partial charge in [-0.05, 0) is 13.0 Å². The average molecular weight is 230 g/mol. The Hall–Kier alpha value is -1.19. The third-order valence-corrected chi connectivity index (χ3v) is 3.88. The molecule has 1 atom stereocenters. The number of nitrogens with zero attached hydrogens (tertiary/aromatic N) is 2. The summed E-state index contributed by atoms with van der Waals surface area (Å²) >= 11 is 0. The minimum absolute atomic E-state index is 0.0827. The van der Waals surface area contributed by atoms with Crippen molar-refractivity contribution in [2.75, 3.05) is 32.7 Å². The van der Waals surface area contributed by atoms with Crippen LogP contribution in [-0.4, -0.2) is 54.3 Å². The maximum absolute atomic E-state index is 12.5. The van der Waals surface area contributed by atoms with Crippen LogP contribution in [0.3, 0.4) is 0 Å². The van der Waals surface area contributed by atoms with Crippen LogP contribution in [0.4, 0.5) is 0 Å². The van der Waals surface area contributed by atoms with Crippen molar-refractivity contribution in [3.05, 3.63) is 35.4 Å². The maximum Gasteiger partial charge on any atom is 0.181 e. The third kappa shape index (κ3) is 2.01. The molecule has 3 nitrogen and oxygen atoms in total. The molecule has 0 aromatic heterocycles. The van der Waals surface area contributed by atoms with Gasteiger partial charge < -0.3 is 0 Å². The van der Waals surface area contributed by atoms with Crippen molar-refractivity contribution in [2.45, 2.75) is 13.0 Å². The summed E-state index contributed by atoms with van der Waals surface area (Å²) < 4.78 is 0. The number of Topliss-reactive ketones (excluding diaryl/α,β-unsaturated/α-hetero) is 1. The number of benzene rings is 1. The normalized spacial score (nSPS) is 31.5. The lowest BCUT2D eigenvalue weighted by atomic mass is 9.97. The fourth-order valence-corrected chi connectivity index (χ4v) is 2.86. The van der Waals surface area contributed by atoms with Crippen molar-refractivity contribution >= 4 is 5.78 Å². The third-order valence-electron chi connectivity index (χ3n) is 3.88. The molecule has 1 aromatic carbocycles. The maximum atomic E-state index is 12.5. The average Bonchev–Trinajstić information content (AvgIpc) is 2.39. The lowest BCUT2D eigenvalue weighted by Crippen LogP contribution is -2.63. The molecule has 0 radical (unpaired) electrons. The Morgan fingerprint density at radius 3 is 2.59 bits per heavy atom. The molecule has 90 valence electrons. The van der Waals surface area contributed by atoms with Gasteiger partial charge in [0.1, 0.15) is 0 Å². The van der Waals surface area contributed by atoms with Gasteiger partial charge in [-0.2, -0.15) is 0 Å². The van der Waals surface area contributed by atoms with Crippen LogP contribution in [0.15, 0.2) is 24.3 Å². The molecule has 3 aliphatic rings. The monoisotopic (exact) mass is 230 g/mol. The predicted octanol–water partition coefficient (Wildman–Crippen LogP) is 1.18. The van der Waals surface area contributed by atoms with E-state index in [1.807, 2.05) is 31.2 Å². The summed E-state index contributed by atoms with van der Waals surface area (Å²) in [5, 5.41) is 0. The number of carbonyl (C=O) groups is 1. The molecule has 1 unspecified atom stereocenters. The number of rotatable bonds is 2. The van der Waals surface area contributed by atoms with Crippen LogP contribution >= 0.6 is 0 Å². The fraction of sp³-hybridized carbons (Fsp3) is 0.500. The number of carbonyl (C=O) groups excluding carboxylic acids is 1. The largest absolute Gasteiger partial charge is 0.299 e. The Bertz CT molecular complexity index is 436. The van der Waals surface area contributed by atoms with Gasteiger partial charge >= 0.3 is 0 Å². The molecule has 3 saturated heterocycles. The van der Waals surface area contributed by atoms with Gasteiger partial charge in [-0.15, -0.1) is 0 Å². The summed E-state index contributed by atoms with van der Waals surface area (Å²) in [4.78, 5) is 17.2. The van der Waals surface area contributed by atoms with E-state index < -0.39 is 0 Å². The summed E-state index contributed by atoms with van der Waals surface area (Å²) in [6.07, 6.45) is 0. The molecular formula is C14H18N2O. The molecule has 3 fully saturated rings. The van der Waals surface area contributed by atoms with Crippen molar-refractivity contribution in [3.8, 4) is 0 Å². The van der Waals surface area contributed by atoms with Crippen molar-refractivity contribution < 1.29 is 4.79 Å². The van der Waals surface area contributed by atoms with E-state index in [1.54, 1.807) is 0 Å². The molecule has 0 amide bonds. The summed E-state index contributed by atoms with van der Waals surface area (Å²) in [7, 11) is 0. The zero-order valence-electron chi connectivity index (χ0n) is 10.2.